The number of ketones is 1. The van der Waals surface area contributed by atoms with Gasteiger partial charge in [0.15, 0.2) is 0 Å². The summed E-state index contributed by atoms with van der Waals surface area (Å²) in [5.41, 5.74) is 0.585. The molecule has 1 N–H and O–H groups in total. The molecule has 2 atom stereocenters. The molecule has 2 rings (SSSR count). The Morgan fingerprint density at radius 3 is 2.94 bits per heavy atom. The molecule has 1 heterocycles. The van der Waals surface area contributed by atoms with Crippen LogP contribution in [0.25, 0.3) is 0 Å². The van der Waals surface area contributed by atoms with Crippen LogP contribution in [0.2, 0.25) is 0 Å². The third-order valence-electron chi connectivity index (χ3n) is 3.22. The van der Waals surface area contributed by atoms with Gasteiger partial charge in [0.1, 0.15) is 6.10 Å². The van der Waals surface area contributed by atoms with Crippen molar-refractivity contribution in [2.24, 2.45) is 13.0 Å². The van der Waals surface area contributed by atoms with Crippen LogP contribution in [0.4, 0.5) is 0 Å². The molecule has 3 heteroatoms. The topological polar surface area (TPSA) is 42.2 Å². The second kappa shape index (κ2) is 4.66. The molecule has 0 aromatic carbocycles. The predicted octanol–water partition coefficient (Wildman–Crippen LogP) is 1.92. The molecule has 1 aliphatic carbocycles. The van der Waals surface area contributed by atoms with Crippen LogP contribution in [-0.4, -0.2) is 21.6 Å². The summed E-state index contributed by atoms with van der Waals surface area (Å²) in [6.07, 6.45) is 7.78. The molecule has 0 radical (unpaired) electrons. The van der Waals surface area contributed by atoms with E-state index in [4.69, 9.17) is 0 Å². The van der Waals surface area contributed by atoms with E-state index in [1.807, 2.05) is 19.3 Å². The number of rotatable bonds is 3. The highest BCUT2D eigenvalue weighted by molar-refractivity contribution is 5.98. The Morgan fingerprint density at radius 2 is 2.38 bits per heavy atom. The number of Topliss-reactive ketones (excluding diaryl/α,β-unsaturated/α-hetero) is 1. The van der Waals surface area contributed by atoms with Crippen molar-refractivity contribution in [3.05, 3.63) is 36.2 Å². The van der Waals surface area contributed by atoms with Crippen molar-refractivity contribution in [3.8, 4) is 0 Å². The average Bonchev–Trinajstić information content (AvgIpc) is 2.75. The fourth-order valence-electron chi connectivity index (χ4n) is 2.19. The first-order chi connectivity index (χ1) is 7.70. The fraction of sp³-hybridized carbons (Fsp3) is 0.462. The molecule has 2 unspecified atom stereocenters. The zero-order valence-electron chi connectivity index (χ0n) is 9.47. The molecular formula is C13H17NO2. The van der Waals surface area contributed by atoms with Crippen LogP contribution < -0.4 is 0 Å². The maximum Gasteiger partial charge on any atom is 0.207 e. The Balaban J connectivity index is 2.10. The molecule has 1 aromatic rings. The van der Waals surface area contributed by atoms with Gasteiger partial charge in [0.2, 0.25) is 5.78 Å². The van der Waals surface area contributed by atoms with Gasteiger partial charge in [-0.3, -0.25) is 4.79 Å². The quantitative estimate of drug-likeness (QED) is 0.623. The molecule has 16 heavy (non-hydrogen) atoms. The molecule has 1 aliphatic rings. The number of aliphatic hydroxyl groups is 1. The van der Waals surface area contributed by atoms with E-state index in [9.17, 15) is 9.90 Å². The van der Waals surface area contributed by atoms with Crippen molar-refractivity contribution in [2.75, 3.05) is 0 Å². The Morgan fingerprint density at radius 1 is 1.56 bits per heavy atom. The van der Waals surface area contributed by atoms with Gasteiger partial charge in [-0.15, -0.1) is 0 Å². The number of carbonyl (C=O) groups is 1. The van der Waals surface area contributed by atoms with Crippen molar-refractivity contribution < 1.29 is 9.90 Å². The Kier molecular flexibility index (Phi) is 3.25. The minimum Gasteiger partial charge on any atom is -0.385 e. The molecule has 86 valence electrons. The SMILES string of the molecule is Cn1cccc1C(=O)C(O)C1CC=CCC1. The van der Waals surface area contributed by atoms with Crippen LogP contribution >= 0.6 is 0 Å². The summed E-state index contributed by atoms with van der Waals surface area (Å²) < 4.78 is 1.75. The van der Waals surface area contributed by atoms with E-state index in [0.717, 1.165) is 19.3 Å². The van der Waals surface area contributed by atoms with Crippen LogP contribution in [0.5, 0.6) is 0 Å². The second-order valence-electron chi connectivity index (χ2n) is 4.36. The molecule has 0 saturated heterocycles. The summed E-state index contributed by atoms with van der Waals surface area (Å²) in [5, 5.41) is 10.0. The lowest BCUT2D eigenvalue weighted by Crippen LogP contribution is -2.31. The van der Waals surface area contributed by atoms with Gasteiger partial charge in [0.05, 0.1) is 5.69 Å². The van der Waals surface area contributed by atoms with E-state index in [0.29, 0.717) is 5.69 Å². The van der Waals surface area contributed by atoms with Crippen molar-refractivity contribution in [2.45, 2.75) is 25.4 Å². The van der Waals surface area contributed by atoms with Crippen molar-refractivity contribution >= 4 is 5.78 Å². The number of aliphatic hydroxyl groups excluding tert-OH is 1. The highest BCUT2D eigenvalue weighted by Gasteiger charge is 2.27. The lowest BCUT2D eigenvalue weighted by atomic mass is 9.87. The monoisotopic (exact) mass is 219 g/mol. The first-order valence-corrected chi connectivity index (χ1v) is 5.69. The zero-order valence-corrected chi connectivity index (χ0v) is 9.47. The fourth-order valence-corrected chi connectivity index (χ4v) is 2.19. The first-order valence-electron chi connectivity index (χ1n) is 5.69. The molecule has 0 amide bonds. The molecule has 3 nitrogen and oxygen atoms in total. The number of hydrogen-bond acceptors (Lipinski definition) is 2. The summed E-state index contributed by atoms with van der Waals surface area (Å²) in [6.45, 7) is 0. The van der Waals surface area contributed by atoms with Crippen molar-refractivity contribution in [3.63, 3.8) is 0 Å². The van der Waals surface area contributed by atoms with Crippen LogP contribution in [0.15, 0.2) is 30.5 Å². The van der Waals surface area contributed by atoms with Crippen molar-refractivity contribution in [1.29, 1.82) is 0 Å². The number of allylic oxidation sites excluding steroid dienone is 2. The molecule has 0 bridgehead atoms. The molecular weight excluding hydrogens is 202 g/mol. The number of aryl methyl sites for hydroxylation is 1. The molecule has 1 aromatic heterocycles. The smallest absolute Gasteiger partial charge is 0.207 e. The van der Waals surface area contributed by atoms with Gasteiger partial charge in [-0.25, -0.2) is 0 Å². The summed E-state index contributed by atoms with van der Waals surface area (Å²) in [5.74, 6) is -0.0831. The highest BCUT2D eigenvalue weighted by atomic mass is 16.3. The maximum absolute atomic E-state index is 12.0. The number of nitrogens with zero attached hydrogens (tertiary/aromatic N) is 1. The normalized spacial score (nSPS) is 22.0. The molecule has 0 saturated carbocycles. The van der Waals surface area contributed by atoms with Gasteiger partial charge < -0.3 is 9.67 Å². The number of aromatic nitrogens is 1. The van der Waals surface area contributed by atoms with Crippen LogP contribution in [0, 0.1) is 5.92 Å². The summed E-state index contributed by atoms with van der Waals surface area (Å²) in [4.78, 5) is 12.0. The van der Waals surface area contributed by atoms with Gasteiger partial charge in [-0.2, -0.15) is 0 Å². The Hall–Kier alpha value is -1.35. The average molecular weight is 219 g/mol. The van der Waals surface area contributed by atoms with E-state index in [-0.39, 0.29) is 11.7 Å². The van der Waals surface area contributed by atoms with Gasteiger partial charge in [-0.1, -0.05) is 12.2 Å². The zero-order chi connectivity index (χ0) is 11.5. The highest BCUT2D eigenvalue weighted by Crippen LogP contribution is 2.23. The van der Waals surface area contributed by atoms with Crippen LogP contribution in [-0.2, 0) is 7.05 Å². The first kappa shape index (κ1) is 11.1. The lowest BCUT2D eigenvalue weighted by Gasteiger charge is -2.22. The summed E-state index contributed by atoms with van der Waals surface area (Å²) >= 11 is 0. The van der Waals surface area contributed by atoms with E-state index in [2.05, 4.69) is 12.2 Å². The van der Waals surface area contributed by atoms with E-state index in [1.165, 1.54) is 0 Å². The second-order valence-corrected chi connectivity index (χ2v) is 4.36. The van der Waals surface area contributed by atoms with Crippen molar-refractivity contribution in [1.82, 2.24) is 4.57 Å². The summed E-state index contributed by atoms with van der Waals surface area (Å²) in [6, 6.07) is 3.57. The summed E-state index contributed by atoms with van der Waals surface area (Å²) in [7, 11) is 1.82. The third kappa shape index (κ3) is 2.09. The maximum atomic E-state index is 12.0. The standard InChI is InChI=1S/C13H17NO2/c1-14-9-5-8-11(14)13(16)12(15)10-6-3-2-4-7-10/h2-3,5,8-10,12,15H,4,6-7H2,1H3. The van der Waals surface area contributed by atoms with E-state index < -0.39 is 6.10 Å². The van der Waals surface area contributed by atoms with Gasteiger partial charge >= 0.3 is 0 Å². The Labute approximate surface area is 95.4 Å². The van der Waals surface area contributed by atoms with Gasteiger partial charge in [0.25, 0.3) is 0 Å². The van der Waals surface area contributed by atoms with Gasteiger partial charge in [-0.05, 0) is 37.3 Å². The molecule has 0 spiro atoms. The molecule has 0 fully saturated rings. The van der Waals surface area contributed by atoms with E-state index in [1.54, 1.807) is 10.6 Å². The van der Waals surface area contributed by atoms with Gasteiger partial charge in [0, 0.05) is 13.2 Å². The Bertz CT molecular complexity index is 406. The predicted molar refractivity (Wildman–Crippen MR) is 62.2 cm³/mol. The molecule has 0 aliphatic heterocycles. The minimum absolute atomic E-state index is 0.0763. The number of hydrogen-bond donors (Lipinski definition) is 1. The lowest BCUT2D eigenvalue weighted by molar-refractivity contribution is 0.0578. The van der Waals surface area contributed by atoms with Crippen LogP contribution in [0.3, 0.4) is 0 Å². The third-order valence-corrected chi connectivity index (χ3v) is 3.22. The van der Waals surface area contributed by atoms with Crippen LogP contribution in [0.1, 0.15) is 29.8 Å². The largest absolute Gasteiger partial charge is 0.385 e. The number of carbonyl (C=O) groups excluding carboxylic acids is 1. The van der Waals surface area contributed by atoms with E-state index >= 15 is 0 Å². The minimum atomic E-state index is -0.862.